The van der Waals surface area contributed by atoms with Crippen LogP contribution >= 0.6 is 7.92 Å². The van der Waals surface area contributed by atoms with Gasteiger partial charge in [0.15, 0.2) is 0 Å². The van der Waals surface area contributed by atoms with E-state index in [9.17, 15) is 21.6 Å². The second kappa shape index (κ2) is 11.8. The van der Waals surface area contributed by atoms with Crippen molar-refractivity contribution in [2.45, 2.75) is 10.9 Å². The Kier molecular flexibility index (Phi) is 7.55. The van der Waals surface area contributed by atoms with Crippen LogP contribution in [0.3, 0.4) is 0 Å². The van der Waals surface area contributed by atoms with E-state index in [0.29, 0.717) is 22.6 Å². The number of alkyl halides is 3. The quantitative estimate of drug-likeness (QED) is 0.0954. The summed E-state index contributed by atoms with van der Waals surface area (Å²) < 4.78 is 83.1. The normalized spacial score (nSPS) is 15.7. The molecule has 0 saturated heterocycles. The van der Waals surface area contributed by atoms with Gasteiger partial charge in [-0.1, -0.05) is 103 Å². The molecule has 2 aliphatic carbocycles. The minimum Gasteiger partial charge on any atom is -0.497 e. The number of hydrogen-bond donors (Lipinski definition) is 0. The van der Waals surface area contributed by atoms with Crippen molar-refractivity contribution in [1.82, 2.24) is 0 Å². The number of hydrogen-bond acceptors (Lipinski definition) is 5. The van der Waals surface area contributed by atoms with Gasteiger partial charge in [0.1, 0.15) is 17.2 Å². The Morgan fingerprint density at radius 1 is 0.560 bits per heavy atom. The molecule has 1 spiro atoms. The Hall–Kier alpha value is -5.11. The van der Waals surface area contributed by atoms with Crippen LogP contribution in [-0.4, -0.2) is 28.1 Å². The summed E-state index contributed by atoms with van der Waals surface area (Å²) in [4.78, 5) is 0. The molecule has 0 fully saturated rings. The van der Waals surface area contributed by atoms with Crippen LogP contribution in [0.1, 0.15) is 22.3 Å². The van der Waals surface area contributed by atoms with Gasteiger partial charge in [-0.05, 0) is 93.1 Å². The van der Waals surface area contributed by atoms with Crippen molar-refractivity contribution in [1.29, 1.82) is 0 Å². The third kappa shape index (κ3) is 4.67. The summed E-state index contributed by atoms with van der Waals surface area (Å²) in [6, 6.07) is 42.0. The lowest BCUT2D eigenvalue weighted by Crippen LogP contribution is -2.35. The highest BCUT2D eigenvalue weighted by atomic mass is 32.2. The fourth-order valence-electron chi connectivity index (χ4n) is 7.51. The molecule has 10 heteroatoms. The summed E-state index contributed by atoms with van der Waals surface area (Å²) in [6.45, 7) is 0. The van der Waals surface area contributed by atoms with Gasteiger partial charge in [0, 0.05) is 5.56 Å². The first-order valence-corrected chi connectivity index (χ1v) is 18.4. The van der Waals surface area contributed by atoms with Crippen LogP contribution in [0.15, 0.2) is 133 Å². The van der Waals surface area contributed by atoms with Crippen LogP contribution in [0.25, 0.3) is 22.3 Å². The highest BCUT2D eigenvalue weighted by Gasteiger charge is 2.56. The van der Waals surface area contributed by atoms with Crippen molar-refractivity contribution in [2.24, 2.45) is 0 Å². The van der Waals surface area contributed by atoms with Gasteiger partial charge in [0.2, 0.25) is 0 Å². The molecular formula is C40H28F3O5PS. The van der Waals surface area contributed by atoms with E-state index in [-0.39, 0.29) is 5.75 Å². The molecule has 0 N–H and O–H groups in total. The Balaban J connectivity index is 1.50. The maximum atomic E-state index is 13.9. The van der Waals surface area contributed by atoms with Crippen molar-refractivity contribution in [3.05, 3.63) is 156 Å². The first-order valence-electron chi connectivity index (χ1n) is 15.7. The van der Waals surface area contributed by atoms with Gasteiger partial charge >= 0.3 is 15.6 Å². The van der Waals surface area contributed by atoms with Crippen molar-refractivity contribution >= 4 is 34.0 Å². The van der Waals surface area contributed by atoms with Gasteiger partial charge in [0.05, 0.1) is 19.6 Å². The van der Waals surface area contributed by atoms with Crippen LogP contribution in [0.4, 0.5) is 13.2 Å². The van der Waals surface area contributed by atoms with Crippen molar-refractivity contribution in [3.8, 4) is 39.5 Å². The number of benzene rings is 6. The summed E-state index contributed by atoms with van der Waals surface area (Å²) >= 11 is 0. The molecule has 0 radical (unpaired) electrons. The largest absolute Gasteiger partial charge is 0.534 e. The monoisotopic (exact) mass is 708 g/mol. The zero-order chi connectivity index (χ0) is 34.8. The number of halogens is 3. The van der Waals surface area contributed by atoms with Crippen LogP contribution in [0.5, 0.6) is 17.2 Å². The molecule has 50 heavy (non-hydrogen) atoms. The fraction of sp³-hybridized carbons (Fsp3) is 0.100. The van der Waals surface area contributed by atoms with Gasteiger partial charge in [-0.2, -0.15) is 21.6 Å². The standard InChI is InChI=1S/C40H28F3O5PS/c1-46-25-17-21-27(22-18-25)49(28-23-19-26(47-2)20-24-28)36-16-8-12-32-30-10-4-6-14-34(30)39(38(32)36)33-13-5-3-9-29(33)31-11-7-15-35(37(31)39)48-50(44,45)40(41,42)43/h3-24H,1-2H3/t39-/m1/s1. The van der Waals surface area contributed by atoms with E-state index in [4.69, 9.17) is 13.7 Å². The second-order valence-corrected chi connectivity index (χ2v) is 15.7. The number of methoxy groups -OCH3 is 2. The third-order valence-corrected chi connectivity index (χ3v) is 12.9. The Bertz CT molecular complexity index is 2330. The van der Waals surface area contributed by atoms with Crippen molar-refractivity contribution < 1.29 is 35.2 Å². The molecule has 2 aliphatic rings. The van der Waals surface area contributed by atoms with Gasteiger partial charge in [-0.25, -0.2) is 0 Å². The molecule has 250 valence electrons. The third-order valence-electron chi connectivity index (χ3n) is 9.45. The Morgan fingerprint density at radius 2 is 1.02 bits per heavy atom. The van der Waals surface area contributed by atoms with E-state index in [1.165, 1.54) is 12.1 Å². The maximum absolute atomic E-state index is 13.9. The molecule has 5 nitrogen and oxygen atoms in total. The molecular weight excluding hydrogens is 680 g/mol. The molecule has 0 heterocycles. The predicted molar refractivity (Wildman–Crippen MR) is 190 cm³/mol. The molecule has 0 aliphatic heterocycles. The number of fused-ring (bicyclic) bond motifs is 10. The average Bonchev–Trinajstić information content (AvgIpc) is 3.60. The van der Waals surface area contributed by atoms with Gasteiger partial charge in [0.25, 0.3) is 0 Å². The van der Waals surface area contributed by atoms with E-state index in [2.05, 4.69) is 6.07 Å². The average molecular weight is 709 g/mol. The minimum atomic E-state index is -6.01. The van der Waals surface area contributed by atoms with Gasteiger partial charge in [-0.15, -0.1) is 0 Å². The summed E-state index contributed by atoms with van der Waals surface area (Å²) in [7, 11) is -4.10. The zero-order valence-electron chi connectivity index (χ0n) is 26.7. The Labute approximate surface area is 288 Å². The molecule has 0 bridgehead atoms. The molecule has 0 aromatic heterocycles. The van der Waals surface area contributed by atoms with Gasteiger partial charge in [-0.3, -0.25) is 0 Å². The molecule has 8 rings (SSSR count). The van der Waals surface area contributed by atoms with Crippen LogP contribution in [0, 0.1) is 0 Å². The van der Waals surface area contributed by atoms with Crippen LogP contribution in [-0.2, 0) is 15.5 Å². The topological polar surface area (TPSA) is 61.8 Å². The first kappa shape index (κ1) is 32.1. The lowest BCUT2D eigenvalue weighted by Gasteiger charge is -2.35. The SMILES string of the molecule is COc1ccc(P(c2ccc(OC)cc2)c2cccc3c2[C@]2(c4ccccc4-c4cccc(OS(=O)(=O)C(F)(F)F)c42)c2ccccc2-3)cc1. The zero-order valence-corrected chi connectivity index (χ0v) is 28.4. The minimum absolute atomic E-state index is 0.354. The summed E-state index contributed by atoms with van der Waals surface area (Å²) in [5.41, 5.74) is -0.768. The van der Waals surface area contributed by atoms with Gasteiger partial charge < -0.3 is 13.7 Å². The molecule has 0 unspecified atom stereocenters. The molecule has 0 amide bonds. The Morgan fingerprint density at radius 3 is 1.52 bits per heavy atom. The lowest BCUT2D eigenvalue weighted by molar-refractivity contribution is -0.0500. The maximum Gasteiger partial charge on any atom is 0.534 e. The molecule has 6 aromatic carbocycles. The predicted octanol–water partition coefficient (Wildman–Crippen LogP) is 8.03. The second-order valence-electron chi connectivity index (χ2n) is 11.9. The molecule has 6 aromatic rings. The van der Waals surface area contributed by atoms with E-state index < -0.39 is 29.0 Å². The summed E-state index contributed by atoms with van der Waals surface area (Å²) in [6.07, 6.45) is 0. The van der Waals surface area contributed by atoms with E-state index in [1.807, 2.05) is 115 Å². The van der Waals surface area contributed by atoms with E-state index in [0.717, 1.165) is 49.3 Å². The highest BCUT2D eigenvalue weighted by molar-refractivity contribution is 7.88. The lowest BCUT2D eigenvalue weighted by atomic mass is 9.70. The number of rotatable bonds is 7. The smallest absolute Gasteiger partial charge is 0.497 e. The molecule has 0 saturated carbocycles. The highest BCUT2D eigenvalue weighted by Crippen LogP contribution is 2.65. The van der Waals surface area contributed by atoms with E-state index >= 15 is 0 Å². The van der Waals surface area contributed by atoms with Crippen molar-refractivity contribution in [3.63, 3.8) is 0 Å². The summed E-state index contributed by atoms with van der Waals surface area (Å²) in [5.74, 6) is 1.03. The number of ether oxygens (including phenoxy) is 2. The van der Waals surface area contributed by atoms with Crippen molar-refractivity contribution in [2.75, 3.05) is 14.2 Å². The molecule has 1 atom stereocenters. The fourth-order valence-corrected chi connectivity index (χ4v) is 10.5. The van der Waals surface area contributed by atoms with E-state index in [1.54, 1.807) is 14.2 Å². The van der Waals surface area contributed by atoms with Crippen LogP contribution < -0.4 is 29.6 Å². The van der Waals surface area contributed by atoms with Crippen LogP contribution in [0.2, 0.25) is 0 Å². The summed E-state index contributed by atoms with van der Waals surface area (Å²) in [5, 5.41) is 2.99. The first-order chi connectivity index (χ1) is 24.1.